The van der Waals surface area contributed by atoms with Gasteiger partial charge < -0.3 is 0 Å². The average Bonchev–Trinajstić information content (AvgIpc) is 1.62. The van der Waals surface area contributed by atoms with Crippen molar-refractivity contribution in [3.8, 4) is 0 Å². The second kappa shape index (κ2) is 2.93. The van der Waals surface area contributed by atoms with E-state index in [4.69, 9.17) is 23.2 Å². The fraction of sp³-hybridized carbons (Fsp3) is 1.00. The van der Waals surface area contributed by atoms with Crippen molar-refractivity contribution in [3.63, 3.8) is 0 Å². The van der Waals surface area contributed by atoms with Crippen molar-refractivity contribution in [2.24, 2.45) is 5.92 Å². The minimum absolute atomic E-state index is 0.151. The molecule has 2 heteroatoms. The molecule has 8 heavy (non-hydrogen) atoms. The van der Waals surface area contributed by atoms with Gasteiger partial charge in [0.1, 0.15) is 0 Å². The van der Waals surface area contributed by atoms with Crippen molar-refractivity contribution in [2.45, 2.75) is 25.6 Å². The van der Waals surface area contributed by atoms with Crippen molar-refractivity contribution in [1.29, 1.82) is 0 Å². The summed E-state index contributed by atoms with van der Waals surface area (Å²) >= 11 is 11.5. The second-order valence-electron chi connectivity index (χ2n) is 2.62. The molecule has 50 valence electrons. The van der Waals surface area contributed by atoms with Gasteiger partial charge in [0.15, 0.2) is 0 Å². The van der Waals surface area contributed by atoms with Crippen molar-refractivity contribution >= 4 is 23.2 Å². The summed E-state index contributed by atoms with van der Waals surface area (Å²) < 4.78 is 0. The fourth-order valence-corrected chi connectivity index (χ4v) is 0.725. The highest BCUT2D eigenvalue weighted by Gasteiger charge is 2.20. The van der Waals surface area contributed by atoms with Crippen LogP contribution in [0.3, 0.4) is 0 Å². The molecule has 1 atom stereocenters. The van der Waals surface area contributed by atoms with E-state index in [9.17, 15) is 0 Å². The number of halogens is 2. The second-order valence-corrected chi connectivity index (χ2v) is 3.90. The molecule has 0 saturated heterocycles. The molecule has 0 rings (SSSR count). The molecular formula is C6H12Cl2. The third kappa shape index (κ3) is 2.78. The summed E-state index contributed by atoms with van der Waals surface area (Å²) in [6.45, 7) is 5.99. The van der Waals surface area contributed by atoms with Crippen LogP contribution in [0.4, 0.5) is 0 Å². The van der Waals surface area contributed by atoms with Crippen LogP contribution in [0.5, 0.6) is 0 Å². The Morgan fingerprint density at radius 1 is 1.50 bits per heavy atom. The lowest BCUT2D eigenvalue weighted by molar-refractivity contribution is 0.499. The molecule has 0 aliphatic heterocycles. The molecule has 0 aromatic rings. The van der Waals surface area contributed by atoms with Crippen LogP contribution in [0.15, 0.2) is 0 Å². The van der Waals surface area contributed by atoms with Gasteiger partial charge in [-0.2, -0.15) is 0 Å². The zero-order valence-electron chi connectivity index (χ0n) is 5.54. The van der Waals surface area contributed by atoms with Gasteiger partial charge in [0.25, 0.3) is 0 Å². The number of rotatable bonds is 2. The monoisotopic (exact) mass is 154 g/mol. The summed E-state index contributed by atoms with van der Waals surface area (Å²) in [5.74, 6) is 1.02. The van der Waals surface area contributed by atoms with E-state index < -0.39 is 0 Å². The summed E-state index contributed by atoms with van der Waals surface area (Å²) in [5.41, 5.74) is 0. The molecule has 0 spiro atoms. The van der Waals surface area contributed by atoms with E-state index >= 15 is 0 Å². The molecule has 0 bridgehead atoms. The standard InChI is InChI=1S/C6H12Cl2/c1-5(4-7)6(2,3)8/h5H,4H2,1-3H3. The van der Waals surface area contributed by atoms with E-state index in [0.717, 1.165) is 0 Å². The first-order valence-electron chi connectivity index (χ1n) is 2.73. The van der Waals surface area contributed by atoms with E-state index in [1.54, 1.807) is 0 Å². The highest BCUT2D eigenvalue weighted by molar-refractivity contribution is 6.24. The largest absolute Gasteiger partial charge is 0.126 e. The maximum absolute atomic E-state index is 5.90. The Labute approximate surface area is 61.2 Å². The third-order valence-electron chi connectivity index (χ3n) is 1.40. The highest BCUT2D eigenvalue weighted by atomic mass is 35.5. The van der Waals surface area contributed by atoms with Crippen LogP contribution in [-0.2, 0) is 0 Å². The quantitative estimate of drug-likeness (QED) is 0.538. The molecule has 0 aromatic heterocycles. The van der Waals surface area contributed by atoms with Crippen LogP contribution in [0, 0.1) is 5.92 Å². The van der Waals surface area contributed by atoms with Gasteiger partial charge in [0, 0.05) is 10.8 Å². The summed E-state index contributed by atoms with van der Waals surface area (Å²) in [4.78, 5) is -0.151. The molecule has 0 heterocycles. The van der Waals surface area contributed by atoms with Crippen molar-refractivity contribution in [3.05, 3.63) is 0 Å². The molecule has 0 amide bonds. The van der Waals surface area contributed by atoms with Gasteiger partial charge >= 0.3 is 0 Å². The molecule has 0 radical (unpaired) electrons. The zero-order valence-corrected chi connectivity index (χ0v) is 7.05. The van der Waals surface area contributed by atoms with Crippen molar-refractivity contribution in [2.75, 3.05) is 5.88 Å². The van der Waals surface area contributed by atoms with Gasteiger partial charge in [-0.15, -0.1) is 23.2 Å². The molecule has 0 saturated carbocycles. The van der Waals surface area contributed by atoms with Gasteiger partial charge in [-0.3, -0.25) is 0 Å². The van der Waals surface area contributed by atoms with E-state index in [-0.39, 0.29) is 4.87 Å². The Bertz CT molecular complexity index is 63.4. The summed E-state index contributed by atoms with van der Waals surface area (Å²) in [7, 11) is 0. The Morgan fingerprint density at radius 2 is 1.88 bits per heavy atom. The molecule has 0 aliphatic carbocycles. The van der Waals surface area contributed by atoms with Crippen LogP contribution in [0.25, 0.3) is 0 Å². The first-order chi connectivity index (χ1) is 3.48. The zero-order chi connectivity index (χ0) is 6.78. The van der Waals surface area contributed by atoms with E-state index in [1.165, 1.54) is 0 Å². The molecule has 0 N–H and O–H groups in total. The lowest BCUT2D eigenvalue weighted by Gasteiger charge is -2.21. The third-order valence-corrected chi connectivity index (χ3v) is 2.24. The normalized spacial score (nSPS) is 16.1. The lowest BCUT2D eigenvalue weighted by Crippen LogP contribution is -2.22. The van der Waals surface area contributed by atoms with Crippen molar-refractivity contribution in [1.82, 2.24) is 0 Å². The summed E-state index contributed by atoms with van der Waals surface area (Å²) in [6.07, 6.45) is 0. The van der Waals surface area contributed by atoms with Crippen LogP contribution >= 0.6 is 23.2 Å². The fourth-order valence-electron chi connectivity index (χ4n) is 0.183. The van der Waals surface area contributed by atoms with Gasteiger partial charge in [0.2, 0.25) is 0 Å². The molecule has 0 fully saturated rings. The topological polar surface area (TPSA) is 0 Å². The first kappa shape index (κ1) is 8.58. The lowest BCUT2D eigenvalue weighted by atomic mass is 10.00. The molecule has 1 unspecified atom stereocenters. The maximum Gasteiger partial charge on any atom is 0.0427 e. The Balaban J connectivity index is 3.62. The average molecular weight is 155 g/mol. The Kier molecular flexibility index (Phi) is 3.14. The van der Waals surface area contributed by atoms with Gasteiger partial charge in [-0.1, -0.05) is 6.92 Å². The van der Waals surface area contributed by atoms with Crippen LogP contribution in [-0.4, -0.2) is 10.8 Å². The van der Waals surface area contributed by atoms with Crippen LogP contribution in [0.1, 0.15) is 20.8 Å². The maximum atomic E-state index is 5.90. The Morgan fingerprint density at radius 3 is 1.88 bits per heavy atom. The predicted octanol–water partition coefficient (Wildman–Crippen LogP) is 2.88. The first-order valence-corrected chi connectivity index (χ1v) is 3.64. The summed E-state index contributed by atoms with van der Waals surface area (Å²) in [6, 6.07) is 0. The molecule has 0 aliphatic rings. The van der Waals surface area contributed by atoms with Crippen molar-refractivity contribution < 1.29 is 0 Å². The smallest absolute Gasteiger partial charge is 0.0427 e. The van der Waals surface area contributed by atoms with Crippen LogP contribution < -0.4 is 0 Å². The van der Waals surface area contributed by atoms with E-state index in [1.807, 2.05) is 20.8 Å². The highest BCUT2D eigenvalue weighted by Crippen LogP contribution is 2.24. The minimum Gasteiger partial charge on any atom is -0.126 e. The number of hydrogen-bond acceptors (Lipinski definition) is 0. The van der Waals surface area contributed by atoms with Gasteiger partial charge in [0.05, 0.1) is 0 Å². The molecule has 0 aromatic carbocycles. The predicted molar refractivity (Wildman–Crippen MR) is 39.8 cm³/mol. The number of alkyl halides is 2. The van der Waals surface area contributed by atoms with E-state index in [2.05, 4.69) is 0 Å². The van der Waals surface area contributed by atoms with Crippen LogP contribution in [0.2, 0.25) is 0 Å². The molecular weight excluding hydrogens is 143 g/mol. The molecule has 0 nitrogen and oxygen atoms in total. The van der Waals surface area contributed by atoms with Gasteiger partial charge in [-0.05, 0) is 19.8 Å². The minimum atomic E-state index is -0.151. The van der Waals surface area contributed by atoms with Gasteiger partial charge in [-0.25, -0.2) is 0 Å². The Hall–Kier alpha value is 0.580. The van der Waals surface area contributed by atoms with E-state index in [0.29, 0.717) is 11.8 Å². The summed E-state index contributed by atoms with van der Waals surface area (Å²) in [5, 5.41) is 0. The SMILES string of the molecule is CC(CCl)C(C)(C)Cl. The number of hydrogen-bond donors (Lipinski definition) is 0.